The summed E-state index contributed by atoms with van der Waals surface area (Å²) in [5, 5.41) is 3.37. The van der Waals surface area contributed by atoms with E-state index in [1.54, 1.807) is 0 Å². The molecule has 0 spiro atoms. The van der Waals surface area contributed by atoms with Gasteiger partial charge in [-0.3, -0.25) is 4.79 Å². The number of esters is 1. The summed E-state index contributed by atoms with van der Waals surface area (Å²) >= 11 is 2.28. The van der Waals surface area contributed by atoms with Gasteiger partial charge >= 0.3 is 5.97 Å². The number of halogens is 1. The van der Waals surface area contributed by atoms with Crippen molar-refractivity contribution in [3.05, 3.63) is 55.9 Å². The number of dihydropyridines is 1. The fourth-order valence-corrected chi connectivity index (χ4v) is 4.70. The smallest absolute Gasteiger partial charge is 0.336 e. The predicted octanol–water partition coefficient (Wildman–Crippen LogP) is 4.85. The Morgan fingerprint density at radius 2 is 2.00 bits per heavy atom. The number of ether oxygens (including phenoxy) is 1. The molecule has 0 unspecified atom stereocenters. The fourth-order valence-electron chi connectivity index (χ4n) is 4.00. The fraction of sp³-hybridized carbons (Fsp3) is 0.455. The summed E-state index contributed by atoms with van der Waals surface area (Å²) < 4.78 is 6.52. The highest BCUT2D eigenvalue weighted by molar-refractivity contribution is 14.1. The maximum Gasteiger partial charge on any atom is 0.336 e. The van der Waals surface area contributed by atoms with Crippen LogP contribution in [0.2, 0.25) is 0 Å². The molecule has 3 rings (SSSR count). The molecule has 144 valence electrons. The molecule has 0 radical (unpaired) electrons. The van der Waals surface area contributed by atoms with E-state index in [1.807, 2.05) is 38.1 Å². The van der Waals surface area contributed by atoms with E-state index >= 15 is 0 Å². The third-order valence-electron chi connectivity index (χ3n) is 5.11. The highest BCUT2D eigenvalue weighted by Crippen LogP contribution is 2.47. The Labute approximate surface area is 174 Å². The molecule has 1 aromatic rings. The quantitative estimate of drug-likeness (QED) is 0.496. The average molecular weight is 479 g/mol. The number of Topliss-reactive ketones (excluding diaryl/α,β-unsaturated/α-hetero) is 1. The molecule has 1 atom stereocenters. The standard InChI is InChI=1S/C22H26INO3/c1-5-10-27-21(26)18-13(2)24-16-11-22(3,4)12-17(25)20(16)19(18)14-8-6-7-9-15(14)23/h6-9,19,24H,5,10-12H2,1-4H3/t19-/m1/s1. The number of rotatable bonds is 4. The molecule has 2 aliphatic rings. The zero-order chi connectivity index (χ0) is 19.8. The van der Waals surface area contributed by atoms with Crippen molar-refractivity contribution in [2.75, 3.05) is 6.61 Å². The van der Waals surface area contributed by atoms with Gasteiger partial charge in [-0.1, -0.05) is 39.0 Å². The van der Waals surface area contributed by atoms with E-state index in [1.165, 1.54) is 0 Å². The summed E-state index contributed by atoms with van der Waals surface area (Å²) in [6, 6.07) is 7.95. The third-order valence-corrected chi connectivity index (χ3v) is 6.10. The molecule has 0 amide bonds. The Morgan fingerprint density at radius 1 is 1.30 bits per heavy atom. The normalized spacial score (nSPS) is 21.7. The van der Waals surface area contributed by atoms with Crippen LogP contribution in [0.25, 0.3) is 0 Å². The lowest BCUT2D eigenvalue weighted by atomic mass is 9.68. The van der Waals surface area contributed by atoms with Crippen LogP contribution in [0, 0.1) is 8.99 Å². The Balaban J connectivity index is 2.16. The molecule has 0 fully saturated rings. The molecular weight excluding hydrogens is 453 g/mol. The number of allylic oxidation sites excluding steroid dienone is 3. The van der Waals surface area contributed by atoms with Crippen LogP contribution in [0.3, 0.4) is 0 Å². The minimum atomic E-state index is -0.373. The van der Waals surface area contributed by atoms with Gasteiger partial charge in [0.05, 0.1) is 12.2 Å². The van der Waals surface area contributed by atoms with E-state index in [0.29, 0.717) is 18.6 Å². The van der Waals surface area contributed by atoms with Crippen molar-refractivity contribution in [2.24, 2.45) is 5.41 Å². The van der Waals surface area contributed by atoms with E-state index in [0.717, 1.165) is 38.9 Å². The molecule has 1 aliphatic carbocycles. The van der Waals surface area contributed by atoms with E-state index < -0.39 is 0 Å². The van der Waals surface area contributed by atoms with Crippen LogP contribution in [0.1, 0.15) is 58.4 Å². The van der Waals surface area contributed by atoms with Gasteiger partial charge in [0.1, 0.15) is 0 Å². The monoisotopic (exact) mass is 479 g/mol. The van der Waals surface area contributed by atoms with Crippen molar-refractivity contribution in [3.8, 4) is 0 Å². The van der Waals surface area contributed by atoms with Gasteiger partial charge in [-0.15, -0.1) is 0 Å². The largest absolute Gasteiger partial charge is 0.462 e. The lowest BCUT2D eigenvalue weighted by Crippen LogP contribution is -2.39. The van der Waals surface area contributed by atoms with Gasteiger partial charge in [-0.25, -0.2) is 4.79 Å². The van der Waals surface area contributed by atoms with Crippen molar-refractivity contribution in [2.45, 2.75) is 52.9 Å². The van der Waals surface area contributed by atoms with Gasteiger partial charge in [-0.2, -0.15) is 0 Å². The minimum Gasteiger partial charge on any atom is -0.462 e. The lowest BCUT2D eigenvalue weighted by Gasteiger charge is -2.39. The molecule has 0 bridgehead atoms. The first-order valence-electron chi connectivity index (χ1n) is 9.40. The van der Waals surface area contributed by atoms with Gasteiger partial charge in [0, 0.05) is 32.9 Å². The van der Waals surface area contributed by atoms with Crippen molar-refractivity contribution in [3.63, 3.8) is 0 Å². The molecule has 1 aliphatic heterocycles. The molecule has 5 heteroatoms. The van der Waals surface area contributed by atoms with E-state index in [4.69, 9.17) is 4.74 Å². The lowest BCUT2D eigenvalue weighted by molar-refractivity contribution is -0.139. The molecular formula is C22H26INO3. The Bertz CT molecular complexity index is 851. The average Bonchev–Trinajstić information content (AvgIpc) is 2.57. The van der Waals surface area contributed by atoms with Crippen molar-refractivity contribution >= 4 is 34.3 Å². The number of benzene rings is 1. The summed E-state index contributed by atoms with van der Waals surface area (Å²) in [6.45, 7) is 8.48. The molecule has 1 N–H and O–H groups in total. The summed E-state index contributed by atoms with van der Waals surface area (Å²) in [5.74, 6) is -0.593. The van der Waals surface area contributed by atoms with Crippen LogP contribution in [-0.4, -0.2) is 18.4 Å². The second kappa shape index (κ2) is 7.78. The van der Waals surface area contributed by atoms with Gasteiger partial charge < -0.3 is 10.1 Å². The molecule has 4 nitrogen and oxygen atoms in total. The van der Waals surface area contributed by atoms with E-state index in [-0.39, 0.29) is 23.1 Å². The van der Waals surface area contributed by atoms with Crippen molar-refractivity contribution in [1.82, 2.24) is 5.32 Å². The van der Waals surface area contributed by atoms with Gasteiger partial charge in [0.2, 0.25) is 0 Å². The SMILES string of the molecule is CCCOC(=O)C1=C(C)NC2=C(C(=O)CC(C)(C)C2)[C@@H]1c1ccccc1I. The summed E-state index contributed by atoms with van der Waals surface area (Å²) in [6.07, 6.45) is 2.05. The Hall–Kier alpha value is -1.63. The minimum absolute atomic E-state index is 0.0855. The van der Waals surface area contributed by atoms with Crippen LogP contribution in [0.5, 0.6) is 0 Å². The Morgan fingerprint density at radius 3 is 2.67 bits per heavy atom. The van der Waals surface area contributed by atoms with Gasteiger partial charge in [0.25, 0.3) is 0 Å². The molecule has 27 heavy (non-hydrogen) atoms. The number of hydrogen-bond acceptors (Lipinski definition) is 4. The van der Waals surface area contributed by atoms with E-state index in [2.05, 4.69) is 41.8 Å². The van der Waals surface area contributed by atoms with Crippen LogP contribution < -0.4 is 5.32 Å². The number of ketones is 1. The Kier molecular flexibility index (Phi) is 5.79. The second-order valence-corrected chi connectivity index (χ2v) is 9.25. The molecule has 0 saturated heterocycles. The second-order valence-electron chi connectivity index (χ2n) is 8.09. The van der Waals surface area contributed by atoms with Crippen LogP contribution in [-0.2, 0) is 14.3 Å². The van der Waals surface area contributed by atoms with Crippen molar-refractivity contribution in [1.29, 1.82) is 0 Å². The number of carbonyl (C=O) groups excluding carboxylic acids is 2. The molecule has 0 aromatic heterocycles. The first-order chi connectivity index (χ1) is 12.7. The predicted molar refractivity (Wildman–Crippen MR) is 114 cm³/mol. The molecule has 1 aromatic carbocycles. The van der Waals surface area contributed by atoms with Crippen LogP contribution in [0.15, 0.2) is 46.8 Å². The van der Waals surface area contributed by atoms with E-state index in [9.17, 15) is 9.59 Å². The van der Waals surface area contributed by atoms with Crippen LogP contribution in [0.4, 0.5) is 0 Å². The van der Waals surface area contributed by atoms with Crippen molar-refractivity contribution < 1.29 is 14.3 Å². The summed E-state index contributed by atoms with van der Waals surface area (Å²) in [4.78, 5) is 26.1. The van der Waals surface area contributed by atoms with Crippen LogP contribution >= 0.6 is 22.6 Å². The zero-order valence-corrected chi connectivity index (χ0v) is 18.5. The maximum atomic E-state index is 13.2. The zero-order valence-electron chi connectivity index (χ0n) is 16.3. The molecule has 1 heterocycles. The number of hydrogen-bond donors (Lipinski definition) is 1. The first-order valence-corrected chi connectivity index (χ1v) is 10.5. The highest BCUT2D eigenvalue weighted by atomic mass is 127. The maximum absolute atomic E-state index is 13.2. The first kappa shape index (κ1) is 20.1. The number of nitrogens with one attached hydrogen (secondary N) is 1. The highest BCUT2D eigenvalue weighted by Gasteiger charge is 2.43. The van der Waals surface area contributed by atoms with Gasteiger partial charge in [0.15, 0.2) is 5.78 Å². The van der Waals surface area contributed by atoms with Gasteiger partial charge in [-0.05, 0) is 59.4 Å². The number of carbonyl (C=O) groups is 2. The summed E-state index contributed by atoms with van der Waals surface area (Å²) in [5.41, 5.74) is 3.92. The summed E-state index contributed by atoms with van der Waals surface area (Å²) in [7, 11) is 0. The topological polar surface area (TPSA) is 55.4 Å². The third kappa shape index (κ3) is 3.98. The molecule has 0 saturated carbocycles.